The summed E-state index contributed by atoms with van der Waals surface area (Å²) in [5, 5.41) is 5.50. The highest BCUT2D eigenvalue weighted by Gasteiger charge is 2.14. The summed E-state index contributed by atoms with van der Waals surface area (Å²) in [7, 11) is 0. The Labute approximate surface area is 174 Å². The van der Waals surface area contributed by atoms with Gasteiger partial charge in [-0.3, -0.25) is 15.0 Å². The van der Waals surface area contributed by atoms with Crippen LogP contribution in [0.1, 0.15) is 21.6 Å². The highest BCUT2D eigenvalue weighted by molar-refractivity contribution is 7.13. The normalized spacial score (nSPS) is 14.5. The van der Waals surface area contributed by atoms with Gasteiger partial charge in [-0.05, 0) is 29.8 Å². The molecule has 0 unspecified atom stereocenters. The number of morpholine rings is 1. The first-order chi connectivity index (χ1) is 14.3. The number of para-hydroxylation sites is 1. The molecular weight excluding hydrogens is 386 g/mol. The van der Waals surface area contributed by atoms with Crippen molar-refractivity contribution in [3.63, 3.8) is 0 Å². The number of anilines is 1. The second kappa shape index (κ2) is 9.65. The molecule has 7 heteroatoms. The van der Waals surface area contributed by atoms with Crippen LogP contribution in [0.5, 0.6) is 5.75 Å². The van der Waals surface area contributed by atoms with Gasteiger partial charge in [0.15, 0.2) is 5.13 Å². The standard InChI is InChI=1S/C22H23N3O3S/c26-21(24-22-23-19(16-29-22)14-25-10-12-27-13-11-25)18-8-6-17(7-9-18)15-28-20-4-2-1-3-5-20/h1-9,16H,10-15H2,(H,23,24,26). The fraction of sp³-hybridized carbons (Fsp3) is 0.273. The minimum absolute atomic E-state index is 0.159. The summed E-state index contributed by atoms with van der Waals surface area (Å²) in [6.45, 7) is 4.61. The van der Waals surface area contributed by atoms with Crippen molar-refractivity contribution < 1.29 is 14.3 Å². The quantitative estimate of drug-likeness (QED) is 0.643. The zero-order valence-electron chi connectivity index (χ0n) is 16.0. The number of nitrogens with one attached hydrogen (secondary N) is 1. The molecule has 1 aliphatic heterocycles. The molecule has 0 aliphatic carbocycles. The van der Waals surface area contributed by atoms with E-state index < -0.39 is 0 Å². The molecule has 0 bridgehead atoms. The van der Waals surface area contributed by atoms with Gasteiger partial charge in [-0.1, -0.05) is 30.3 Å². The van der Waals surface area contributed by atoms with E-state index >= 15 is 0 Å². The monoisotopic (exact) mass is 409 g/mol. The van der Waals surface area contributed by atoms with Crippen LogP contribution < -0.4 is 10.1 Å². The summed E-state index contributed by atoms with van der Waals surface area (Å²) in [6, 6.07) is 17.1. The zero-order chi connectivity index (χ0) is 19.9. The summed E-state index contributed by atoms with van der Waals surface area (Å²) in [4.78, 5) is 19.3. The van der Waals surface area contributed by atoms with Crippen molar-refractivity contribution in [1.82, 2.24) is 9.88 Å². The van der Waals surface area contributed by atoms with Crippen LogP contribution in [0.4, 0.5) is 5.13 Å². The number of ether oxygens (including phenoxy) is 2. The second-order valence-corrected chi connectivity index (χ2v) is 7.64. The number of hydrogen-bond acceptors (Lipinski definition) is 6. The fourth-order valence-corrected chi connectivity index (χ4v) is 3.73. The lowest BCUT2D eigenvalue weighted by atomic mass is 10.1. The Morgan fingerprint density at radius 1 is 1.10 bits per heavy atom. The van der Waals surface area contributed by atoms with Gasteiger partial charge < -0.3 is 9.47 Å². The number of thiazole rings is 1. The van der Waals surface area contributed by atoms with Crippen LogP contribution in [0, 0.1) is 0 Å². The van der Waals surface area contributed by atoms with E-state index in [2.05, 4.69) is 15.2 Å². The molecule has 1 aromatic heterocycles. The van der Waals surface area contributed by atoms with E-state index in [1.165, 1.54) is 11.3 Å². The predicted octanol–water partition coefficient (Wildman–Crippen LogP) is 3.81. The minimum Gasteiger partial charge on any atom is -0.489 e. The Morgan fingerprint density at radius 3 is 2.62 bits per heavy atom. The molecule has 2 aromatic carbocycles. The highest BCUT2D eigenvalue weighted by Crippen LogP contribution is 2.19. The van der Waals surface area contributed by atoms with Gasteiger partial charge in [0.2, 0.25) is 0 Å². The van der Waals surface area contributed by atoms with Crippen molar-refractivity contribution in [2.24, 2.45) is 0 Å². The summed E-state index contributed by atoms with van der Waals surface area (Å²) in [5.74, 6) is 0.666. The molecule has 2 heterocycles. The van der Waals surface area contributed by atoms with E-state index in [-0.39, 0.29) is 5.91 Å². The van der Waals surface area contributed by atoms with Crippen molar-refractivity contribution in [3.05, 3.63) is 76.8 Å². The first kappa shape index (κ1) is 19.6. The molecule has 0 atom stereocenters. The smallest absolute Gasteiger partial charge is 0.257 e. The van der Waals surface area contributed by atoms with Crippen molar-refractivity contribution in [3.8, 4) is 5.75 Å². The summed E-state index contributed by atoms with van der Waals surface area (Å²) in [6.07, 6.45) is 0. The number of aromatic nitrogens is 1. The van der Waals surface area contributed by atoms with Crippen LogP contribution in [0.2, 0.25) is 0 Å². The third kappa shape index (κ3) is 5.63. The number of nitrogens with zero attached hydrogens (tertiary/aromatic N) is 2. The molecular formula is C22H23N3O3S. The number of carbonyl (C=O) groups is 1. The first-order valence-corrected chi connectivity index (χ1v) is 10.5. The molecule has 6 nitrogen and oxygen atoms in total. The molecule has 1 fully saturated rings. The lowest BCUT2D eigenvalue weighted by molar-refractivity contribution is 0.0337. The van der Waals surface area contributed by atoms with Crippen molar-refractivity contribution in [2.45, 2.75) is 13.2 Å². The van der Waals surface area contributed by atoms with Crippen LogP contribution in [0.3, 0.4) is 0 Å². The molecule has 3 aromatic rings. The van der Waals surface area contributed by atoms with E-state index in [4.69, 9.17) is 9.47 Å². The van der Waals surface area contributed by atoms with Crippen LogP contribution in [-0.4, -0.2) is 42.1 Å². The summed E-state index contributed by atoms with van der Waals surface area (Å²) < 4.78 is 11.1. The molecule has 29 heavy (non-hydrogen) atoms. The summed E-state index contributed by atoms with van der Waals surface area (Å²) >= 11 is 1.45. The van der Waals surface area contributed by atoms with Crippen LogP contribution in [0.15, 0.2) is 60.0 Å². The largest absolute Gasteiger partial charge is 0.489 e. The Hall–Kier alpha value is -2.74. The van der Waals surface area contributed by atoms with Crippen molar-refractivity contribution in [1.29, 1.82) is 0 Å². The Morgan fingerprint density at radius 2 is 1.86 bits per heavy atom. The molecule has 0 radical (unpaired) electrons. The lowest BCUT2D eigenvalue weighted by Crippen LogP contribution is -2.35. The molecule has 1 amide bonds. The van der Waals surface area contributed by atoms with Gasteiger partial charge in [0.05, 0.1) is 18.9 Å². The average molecular weight is 410 g/mol. The number of rotatable bonds is 7. The highest BCUT2D eigenvalue weighted by atomic mass is 32.1. The Balaban J connectivity index is 1.29. The third-order valence-electron chi connectivity index (χ3n) is 4.63. The van der Waals surface area contributed by atoms with Gasteiger partial charge in [-0.25, -0.2) is 4.98 Å². The molecule has 1 saturated heterocycles. The zero-order valence-corrected chi connectivity index (χ0v) is 16.9. The van der Waals surface area contributed by atoms with Gasteiger partial charge in [-0.2, -0.15) is 0 Å². The number of benzene rings is 2. The third-order valence-corrected chi connectivity index (χ3v) is 5.43. The lowest BCUT2D eigenvalue weighted by Gasteiger charge is -2.25. The van der Waals surface area contributed by atoms with Gasteiger partial charge in [0.25, 0.3) is 5.91 Å². The Kier molecular flexibility index (Phi) is 6.51. The second-order valence-electron chi connectivity index (χ2n) is 6.79. The number of amides is 1. The van der Waals surface area contributed by atoms with Crippen LogP contribution >= 0.6 is 11.3 Å². The van der Waals surface area contributed by atoms with Gasteiger partial charge >= 0.3 is 0 Å². The molecule has 150 valence electrons. The summed E-state index contributed by atoms with van der Waals surface area (Å²) in [5.41, 5.74) is 2.58. The van der Waals surface area contributed by atoms with E-state index in [9.17, 15) is 4.79 Å². The molecule has 1 N–H and O–H groups in total. The fourth-order valence-electron chi connectivity index (χ4n) is 3.03. The predicted molar refractivity (Wildman–Crippen MR) is 113 cm³/mol. The van der Waals surface area contributed by atoms with Crippen molar-refractivity contribution >= 4 is 22.4 Å². The SMILES string of the molecule is O=C(Nc1nc(CN2CCOCC2)cs1)c1ccc(COc2ccccc2)cc1. The molecule has 1 aliphatic rings. The van der Waals surface area contributed by atoms with Gasteiger partial charge in [0, 0.05) is 30.6 Å². The Bertz CT molecular complexity index is 922. The van der Waals surface area contributed by atoms with E-state index in [0.717, 1.165) is 49.9 Å². The number of carbonyl (C=O) groups excluding carboxylic acids is 1. The van der Waals surface area contributed by atoms with Crippen LogP contribution in [0.25, 0.3) is 0 Å². The van der Waals surface area contributed by atoms with E-state index in [1.54, 1.807) is 12.1 Å². The maximum Gasteiger partial charge on any atom is 0.257 e. The van der Waals surface area contributed by atoms with Gasteiger partial charge in [-0.15, -0.1) is 11.3 Å². The van der Waals surface area contributed by atoms with E-state index in [1.807, 2.05) is 47.8 Å². The first-order valence-electron chi connectivity index (χ1n) is 9.59. The van der Waals surface area contributed by atoms with Gasteiger partial charge in [0.1, 0.15) is 12.4 Å². The maximum atomic E-state index is 12.5. The van der Waals surface area contributed by atoms with Crippen LogP contribution in [-0.2, 0) is 17.9 Å². The average Bonchev–Trinajstić information content (AvgIpc) is 3.20. The number of hydrogen-bond donors (Lipinski definition) is 1. The molecule has 0 saturated carbocycles. The molecule has 4 rings (SSSR count). The molecule has 0 spiro atoms. The minimum atomic E-state index is -0.159. The van der Waals surface area contributed by atoms with E-state index in [0.29, 0.717) is 17.3 Å². The topological polar surface area (TPSA) is 63.7 Å². The maximum absolute atomic E-state index is 12.5. The van der Waals surface area contributed by atoms with Crippen molar-refractivity contribution in [2.75, 3.05) is 31.6 Å².